The van der Waals surface area contributed by atoms with E-state index in [1.54, 1.807) is 0 Å². The Labute approximate surface area is 116 Å². The lowest BCUT2D eigenvalue weighted by Crippen LogP contribution is -1.98. The fourth-order valence-corrected chi connectivity index (χ4v) is 2.96. The number of rotatable bonds is 4. The van der Waals surface area contributed by atoms with Crippen LogP contribution in [0.1, 0.15) is 23.1 Å². The van der Waals surface area contributed by atoms with E-state index in [2.05, 4.69) is 14.3 Å². The molecule has 0 atom stereocenters. The highest BCUT2D eigenvalue weighted by atomic mass is 35.5. The first kappa shape index (κ1) is 13.3. The molecule has 2 aromatic rings. The highest BCUT2D eigenvalue weighted by molar-refractivity contribution is 8.00. The van der Waals surface area contributed by atoms with E-state index in [9.17, 15) is 4.79 Å². The van der Waals surface area contributed by atoms with Gasteiger partial charge in [-0.15, -0.1) is 0 Å². The SMILES string of the molecule is CCc1nsc(Sc2cc(C(=O)O)c(Cl)cn2)n1. The summed E-state index contributed by atoms with van der Waals surface area (Å²) in [4.78, 5) is 19.3. The molecule has 8 heteroatoms. The predicted octanol–water partition coefficient (Wildman–Crippen LogP) is 3.00. The molecule has 0 fully saturated rings. The molecule has 2 rings (SSSR count). The minimum absolute atomic E-state index is 0.0365. The summed E-state index contributed by atoms with van der Waals surface area (Å²) in [6.07, 6.45) is 2.10. The zero-order chi connectivity index (χ0) is 13.1. The molecule has 1 N–H and O–H groups in total. The Morgan fingerprint density at radius 3 is 3.00 bits per heavy atom. The van der Waals surface area contributed by atoms with Crippen molar-refractivity contribution >= 4 is 40.9 Å². The summed E-state index contributed by atoms with van der Waals surface area (Å²) in [5, 5.41) is 9.61. The fraction of sp³-hybridized carbons (Fsp3) is 0.200. The number of carboxylic acids is 1. The Morgan fingerprint density at radius 1 is 1.61 bits per heavy atom. The monoisotopic (exact) mass is 301 g/mol. The standard InChI is InChI=1S/C10H8ClN3O2S2/c1-2-7-13-10(18-14-7)17-8-3-5(9(15)16)6(11)4-12-8/h3-4H,2H2,1H3,(H,15,16). The van der Waals surface area contributed by atoms with E-state index in [0.29, 0.717) is 5.03 Å². The Hall–Kier alpha value is -1.18. The van der Waals surface area contributed by atoms with Gasteiger partial charge in [-0.1, -0.05) is 18.5 Å². The molecule has 0 spiro atoms. The number of halogens is 1. The van der Waals surface area contributed by atoms with Gasteiger partial charge < -0.3 is 5.11 Å². The summed E-state index contributed by atoms with van der Waals surface area (Å²) in [5.74, 6) is -0.300. The maximum absolute atomic E-state index is 10.9. The van der Waals surface area contributed by atoms with Crippen molar-refractivity contribution in [3.8, 4) is 0 Å². The van der Waals surface area contributed by atoms with Gasteiger partial charge in [0.1, 0.15) is 10.9 Å². The molecule has 0 radical (unpaired) electrons. The molecule has 94 valence electrons. The van der Waals surface area contributed by atoms with Crippen LogP contribution in [0, 0.1) is 0 Å². The number of nitrogens with zero attached hydrogens (tertiary/aromatic N) is 3. The minimum atomic E-state index is -1.07. The smallest absolute Gasteiger partial charge is 0.337 e. The van der Waals surface area contributed by atoms with Gasteiger partial charge >= 0.3 is 5.97 Å². The van der Waals surface area contributed by atoms with Crippen LogP contribution in [0.2, 0.25) is 5.02 Å². The van der Waals surface area contributed by atoms with Crippen LogP contribution < -0.4 is 0 Å². The first-order valence-corrected chi connectivity index (χ1v) is 6.96. The number of aromatic nitrogens is 3. The number of carboxylic acid groups (broad SMARTS) is 1. The molecular formula is C10H8ClN3O2S2. The molecule has 0 saturated carbocycles. The lowest BCUT2D eigenvalue weighted by atomic mass is 10.3. The fourth-order valence-electron chi connectivity index (χ4n) is 1.15. The van der Waals surface area contributed by atoms with Crippen LogP contribution in [-0.4, -0.2) is 25.4 Å². The van der Waals surface area contributed by atoms with E-state index in [0.717, 1.165) is 16.6 Å². The van der Waals surface area contributed by atoms with E-state index in [-0.39, 0.29) is 10.6 Å². The van der Waals surface area contributed by atoms with Crippen molar-refractivity contribution in [1.29, 1.82) is 0 Å². The Morgan fingerprint density at radius 2 is 2.39 bits per heavy atom. The number of hydrogen-bond acceptors (Lipinski definition) is 6. The molecule has 0 aliphatic heterocycles. The maximum Gasteiger partial charge on any atom is 0.337 e. The van der Waals surface area contributed by atoms with Crippen molar-refractivity contribution in [2.24, 2.45) is 0 Å². The Kier molecular flexibility index (Phi) is 4.15. The van der Waals surface area contributed by atoms with Gasteiger partial charge in [0.05, 0.1) is 10.6 Å². The van der Waals surface area contributed by atoms with Crippen LogP contribution in [0.5, 0.6) is 0 Å². The third-order valence-electron chi connectivity index (χ3n) is 2.02. The Balaban J connectivity index is 2.24. The van der Waals surface area contributed by atoms with Gasteiger partial charge in [-0.2, -0.15) is 4.37 Å². The van der Waals surface area contributed by atoms with Crippen LogP contribution in [0.4, 0.5) is 0 Å². The summed E-state index contributed by atoms with van der Waals surface area (Å²) in [6.45, 7) is 1.97. The van der Waals surface area contributed by atoms with Crippen LogP contribution >= 0.6 is 34.9 Å². The molecule has 2 heterocycles. The largest absolute Gasteiger partial charge is 0.478 e. The van der Waals surface area contributed by atoms with Crippen molar-refractivity contribution in [2.75, 3.05) is 0 Å². The van der Waals surface area contributed by atoms with E-state index in [1.165, 1.54) is 35.6 Å². The van der Waals surface area contributed by atoms with Gasteiger partial charge in [0, 0.05) is 12.6 Å². The summed E-state index contributed by atoms with van der Waals surface area (Å²) >= 11 is 8.29. The predicted molar refractivity (Wildman–Crippen MR) is 69.6 cm³/mol. The second kappa shape index (κ2) is 5.64. The number of pyridine rings is 1. The minimum Gasteiger partial charge on any atom is -0.478 e. The molecule has 0 amide bonds. The number of aryl methyl sites for hydroxylation is 1. The van der Waals surface area contributed by atoms with Crippen LogP contribution in [0.15, 0.2) is 21.6 Å². The van der Waals surface area contributed by atoms with Gasteiger partial charge in [0.25, 0.3) is 0 Å². The van der Waals surface area contributed by atoms with Gasteiger partial charge in [0.2, 0.25) is 0 Å². The summed E-state index contributed by atoms with van der Waals surface area (Å²) in [6, 6.07) is 1.43. The molecule has 0 aliphatic rings. The second-order valence-electron chi connectivity index (χ2n) is 3.24. The molecule has 18 heavy (non-hydrogen) atoms. The summed E-state index contributed by atoms with van der Waals surface area (Å²) in [5.41, 5.74) is 0.0365. The summed E-state index contributed by atoms with van der Waals surface area (Å²) < 4.78 is 4.88. The van der Waals surface area contributed by atoms with E-state index >= 15 is 0 Å². The number of aromatic carboxylic acids is 1. The van der Waals surface area contributed by atoms with E-state index < -0.39 is 5.97 Å². The van der Waals surface area contributed by atoms with E-state index in [4.69, 9.17) is 16.7 Å². The van der Waals surface area contributed by atoms with Crippen molar-refractivity contribution in [3.63, 3.8) is 0 Å². The third-order valence-corrected chi connectivity index (χ3v) is 4.04. The topological polar surface area (TPSA) is 76.0 Å². The van der Waals surface area contributed by atoms with Crippen LogP contribution in [0.3, 0.4) is 0 Å². The molecule has 0 unspecified atom stereocenters. The molecule has 0 aliphatic carbocycles. The highest BCUT2D eigenvalue weighted by Crippen LogP contribution is 2.29. The average Bonchev–Trinajstić information content (AvgIpc) is 2.79. The van der Waals surface area contributed by atoms with Crippen molar-refractivity contribution in [3.05, 3.63) is 28.7 Å². The second-order valence-corrected chi connectivity index (χ2v) is 5.67. The molecule has 5 nitrogen and oxygen atoms in total. The normalized spacial score (nSPS) is 10.6. The molecule has 2 aromatic heterocycles. The van der Waals surface area contributed by atoms with Crippen molar-refractivity contribution in [2.45, 2.75) is 22.7 Å². The van der Waals surface area contributed by atoms with Crippen LogP contribution in [0.25, 0.3) is 0 Å². The van der Waals surface area contributed by atoms with Crippen molar-refractivity contribution in [1.82, 2.24) is 14.3 Å². The van der Waals surface area contributed by atoms with Crippen molar-refractivity contribution < 1.29 is 9.90 Å². The van der Waals surface area contributed by atoms with E-state index in [1.807, 2.05) is 6.92 Å². The zero-order valence-electron chi connectivity index (χ0n) is 9.25. The van der Waals surface area contributed by atoms with Crippen LogP contribution in [-0.2, 0) is 6.42 Å². The Bertz CT molecular complexity index is 588. The lowest BCUT2D eigenvalue weighted by molar-refractivity contribution is 0.0696. The first-order chi connectivity index (χ1) is 8.60. The molecule has 0 aromatic carbocycles. The molecule has 0 bridgehead atoms. The number of carbonyl (C=O) groups is 1. The zero-order valence-corrected chi connectivity index (χ0v) is 11.6. The third kappa shape index (κ3) is 2.98. The molecule has 0 saturated heterocycles. The van der Waals surface area contributed by atoms with Gasteiger partial charge in [-0.3, -0.25) is 0 Å². The highest BCUT2D eigenvalue weighted by Gasteiger charge is 2.12. The summed E-state index contributed by atoms with van der Waals surface area (Å²) in [7, 11) is 0. The molecular weight excluding hydrogens is 294 g/mol. The quantitative estimate of drug-likeness (QED) is 0.935. The van der Waals surface area contributed by atoms with Gasteiger partial charge in [-0.25, -0.2) is 14.8 Å². The first-order valence-electron chi connectivity index (χ1n) is 4.99. The van der Waals surface area contributed by atoms with Gasteiger partial charge in [-0.05, 0) is 29.4 Å². The van der Waals surface area contributed by atoms with Gasteiger partial charge in [0.15, 0.2) is 4.34 Å². The lowest BCUT2D eigenvalue weighted by Gasteiger charge is -2.00. The maximum atomic E-state index is 10.9. The number of hydrogen-bond donors (Lipinski definition) is 1. The average molecular weight is 302 g/mol.